The average Bonchev–Trinajstić information content (AvgIpc) is 2.77. The minimum absolute atomic E-state index is 0.122. The second-order valence-electron chi connectivity index (χ2n) is 4.40. The van der Waals surface area contributed by atoms with Crippen LogP contribution in [0.25, 0.3) is 0 Å². The van der Waals surface area contributed by atoms with Crippen molar-refractivity contribution in [2.24, 2.45) is 5.92 Å². The second kappa shape index (κ2) is 6.21. The third-order valence-electron chi connectivity index (χ3n) is 3.11. The van der Waals surface area contributed by atoms with E-state index in [2.05, 4.69) is 0 Å². The summed E-state index contributed by atoms with van der Waals surface area (Å²) < 4.78 is 5.04. The minimum Gasteiger partial charge on any atom is -0.466 e. The van der Waals surface area contributed by atoms with E-state index < -0.39 is 0 Å². The van der Waals surface area contributed by atoms with Crippen molar-refractivity contribution in [1.82, 2.24) is 0 Å². The molecule has 1 aromatic rings. The van der Waals surface area contributed by atoms with E-state index >= 15 is 0 Å². The molecule has 19 heavy (non-hydrogen) atoms. The van der Waals surface area contributed by atoms with Gasteiger partial charge in [-0.05, 0) is 25.5 Å². The van der Waals surface area contributed by atoms with Crippen LogP contribution in [0.3, 0.4) is 0 Å². The Bertz CT molecular complexity index is 470. The maximum Gasteiger partial charge on any atom is 0.310 e. The lowest BCUT2D eigenvalue weighted by molar-refractivity contribution is -0.147. The zero-order valence-corrected chi connectivity index (χ0v) is 12.7. The van der Waals surface area contributed by atoms with Crippen molar-refractivity contribution < 1.29 is 9.53 Å². The summed E-state index contributed by atoms with van der Waals surface area (Å²) in [6.07, 6.45) is 0.744. The van der Waals surface area contributed by atoms with Crippen LogP contribution < -0.4 is 4.90 Å². The maximum absolute atomic E-state index is 11.7. The number of hydrogen-bond acceptors (Lipinski definition) is 3. The average molecular weight is 323 g/mol. The van der Waals surface area contributed by atoms with E-state index in [1.807, 2.05) is 4.90 Å². The summed E-state index contributed by atoms with van der Waals surface area (Å²) in [5.74, 6) is -0.283. The molecule has 0 aliphatic carbocycles. The van der Waals surface area contributed by atoms with Gasteiger partial charge in [-0.15, -0.1) is 0 Å². The fraction of sp³-hybridized carbons (Fsp3) is 0.462. The summed E-state index contributed by atoms with van der Waals surface area (Å²) in [6, 6.07) is 3.31. The number of hydrogen-bond donors (Lipinski definition) is 0. The second-order valence-corrected chi connectivity index (χ2v) is 5.65. The van der Waals surface area contributed by atoms with Gasteiger partial charge in [0.2, 0.25) is 0 Å². The summed E-state index contributed by atoms with van der Waals surface area (Å²) in [5.41, 5.74) is 0.736. The molecule has 1 saturated heterocycles. The first kappa shape index (κ1) is 14.8. The number of rotatable bonds is 3. The molecule has 1 fully saturated rings. The van der Waals surface area contributed by atoms with Crippen molar-refractivity contribution in [3.8, 4) is 0 Å². The van der Waals surface area contributed by atoms with Crippen molar-refractivity contribution in [2.75, 3.05) is 24.6 Å². The monoisotopic (exact) mass is 321 g/mol. The van der Waals surface area contributed by atoms with Crippen molar-refractivity contribution in [3.05, 3.63) is 27.2 Å². The van der Waals surface area contributed by atoms with Crippen LogP contribution in [0.15, 0.2) is 12.1 Å². The van der Waals surface area contributed by atoms with E-state index in [9.17, 15) is 4.79 Å². The number of anilines is 1. The molecule has 0 amide bonds. The normalized spacial score (nSPS) is 18.7. The van der Waals surface area contributed by atoms with Gasteiger partial charge in [0.25, 0.3) is 0 Å². The first-order chi connectivity index (χ1) is 9.02. The number of carbonyl (C=O) groups excluding carboxylic acids is 1. The predicted molar refractivity (Wildman–Crippen MR) is 78.4 cm³/mol. The van der Waals surface area contributed by atoms with E-state index in [0.29, 0.717) is 28.2 Å². The zero-order chi connectivity index (χ0) is 14.0. The predicted octanol–water partition coefficient (Wildman–Crippen LogP) is 4.04. The number of nitrogens with zero attached hydrogens (tertiary/aromatic N) is 1. The van der Waals surface area contributed by atoms with Crippen molar-refractivity contribution in [3.63, 3.8) is 0 Å². The van der Waals surface area contributed by atoms with E-state index in [1.54, 1.807) is 19.1 Å². The fourth-order valence-electron chi connectivity index (χ4n) is 2.25. The Balaban J connectivity index is 2.15. The van der Waals surface area contributed by atoms with Crippen LogP contribution in [-0.2, 0) is 9.53 Å². The Morgan fingerprint density at radius 3 is 2.58 bits per heavy atom. The summed E-state index contributed by atoms with van der Waals surface area (Å²) in [7, 11) is 0. The van der Waals surface area contributed by atoms with Crippen LogP contribution in [0.1, 0.15) is 13.3 Å². The highest BCUT2D eigenvalue weighted by molar-refractivity contribution is 6.41. The molecule has 3 nitrogen and oxygen atoms in total. The smallest absolute Gasteiger partial charge is 0.310 e. The molecule has 0 spiro atoms. The Morgan fingerprint density at radius 1 is 1.37 bits per heavy atom. The number of esters is 1. The van der Waals surface area contributed by atoms with Crippen LogP contribution in [0.2, 0.25) is 15.1 Å². The SMILES string of the molecule is CCOC(=O)C1CCN(c2c(Cl)cc(Cl)cc2Cl)C1. The minimum atomic E-state index is -0.161. The zero-order valence-electron chi connectivity index (χ0n) is 10.5. The van der Waals surface area contributed by atoms with Gasteiger partial charge in [0.1, 0.15) is 0 Å². The molecule has 6 heteroatoms. The summed E-state index contributed by atoms with van der Waals surface area (Å²) >= 11 is 18.2. The standard InChI is InChI=1S/C13H14Cl3NO2/c1-2-19-13(18)8-3-4-17(7-8)12-10(15)5-9(14)6-11(12)16/h5-6,8H,2-4,7H2,1H3. The lowest BCUT2D eigenvalue weighted by Gasteiger charge is -2.21. The Kier molecular flexibility index (Phi) is 4.82. The molecule has 1 unspecified atom stereocenters. The molecule has 0 saturated carbocycles. The summed E-state index contributed by atoms with van der Waals surface area (Å²) in [6.45, 7) is 3.50. The quantitative estimate of drug-likeness (QED) is 0.787. The lowest BCUT2D eigenvalue weighted by atomic mass is 10.1. The number of ether oxygens (including phenoxy) is 1. The van der Waals surface area contributed by atoms with Crippen LogP contribution in [0, 0.1) is 5.92 Å². The molecule has 1 heterocycles. The van der Waals surface area contributed by atoms with Gasteiger partial charge in [0, 0.05) is 18.1 Å². The Morgan fingerprint density at radius 2 is 2.00 bits per heavy atom. The fourth-order valence-corrected chi connectivity index (χ4v) is 3.31. The van der Waals surface area contributed by atoms with Gasteiger partial charge < -0.3 is 9.64 Å². The Labute approximate surface area is 127 Å². The van der Waals surface area contributed by atoms with E-state index in [4.69, 9.17) is 39.5 Å². The van der Waals surface area contributed by atoms with E-state index in [1.165, 1.54) is 0 Å². The third-order valence-corrected chi connectivity index (χ3v) is 3.90. The summed E-state index contributed by atoms with van der Waals surface area (Å²) in [5, 5.41) is 1.50. The van der Waals surface area contributed by atoms with Gasteiger partial charge in [0.15, 0.2) is 0 Å². The van der Waals surface area contributed by atoms with E-state index in [0.717, 1.165) is 18.7 Å². The first-order valence-corrected chi connectivity index (χ1v) is 7.22. The van der Waals surface area contributed by atoms with Crippen molar-refractivity contribution in [2.45, 2.75) is 13.3 Å². The molecule has 104 valence electrons. The molecular formula is C13H14Cl3NO2. The van der Waals surface area contributed by atoms with Crippen molar-refractivity contribution >= 4 is 46.5 Å². The molecule has 1 aliphatic rings. The Hall–Kier alpha value is -0.640. The van der Waals surface area contributed by atoms with Crippen molar-refractivity contribution in [1.29, 1.82) is 0 Å². The van der Waals surface area contributed by atoms with Gasteiger partial charge in [-0.2, -0.15) is 0 Å². The molecule has 0 radical (unpaired) electrons. The van der Waals surface area contributed by atoms with Crippen LogP contribution in [0.4, 0.5) is 5.69 Å². The maximum atomic E-state index is 11.7. The lowest BCUT2D eigenvalue weighted by Crippen LogP contribution is -2.24. The highest BCUT2D eigenvalue weighted by atomic mass is 35.5. The van der Waals surface area contributed by atoms with Crippen LogP contribution in [0.5, 0.6) is 0 Å². The molecule has 1 atom stereocenters. The van der Waals surface area contributed by atoms with Gasteiger partial charge in [-0.3, -0.25) is 4.79 Å². The third kappa shape index (κ3) is 3.28. The first-order valence-electron chi connectivity index (χ1n) is 6.09. The molecule has 0 N–H and O–H groups in total. The number of benzene rings is 1. The van der Waals surface area contributed by atoms with E-state index in [-0.39, 0.29) is 11.9 Å². The number of halogens is 3. The molecular weight excluding hydrogens is 309 g/mol. The molecule has 1 aliphatic heterocycles. The number of carbonyl (C=O) groups is 1. The van der Waals surface area contributed by atoms with Gasteiger partial charge in [-0.1, -0.05) is 34.8 Å². The molecule has 1 aromatic carbocycles. The highest BCUT2D eigenvalue weighted by Crippen LogP contribution is 2.39. The molecule has 0 aromatic heterocycles. The molecule has 0 bridgehead atoms. The van der Waals surface area contributed by atoms with Gasteiger partial charge >= 0.3 is 5.97 Å². The largest absolute Gasteiger partial charge is 0.466 e. The summed E-state index contributed by atoms with van der Waals surface area (Å²) in [4.78, 5) is 13.7. The van der Waals surface area contributed by atoms with Crippen LogP contribution in [-0.4, -0.2) is 25.7 Å². The highest BCUT2D eigenvalue weighted by Gasteiger charge is 2.31. The van der Waals surface area contributed by atoms with Gasteiger partial charge in [-0.25, -0.2) is 0 Å². The topological polar surface area (TPSA) is 29.5 Å². The molecule has 2 rings (SSSR count). The van der Waals surface area contributed by atoms with Gasteiger partial charge in [0.05, 0.1) is 28.3 Å². The van der Waals surface area contributed by atoms with Crippen LogP contribution >= 0.6 is 34.8 Å².